The van der Waals surface area contributed by atoms with Gasteiger partial charge < -0.3 is 16.0 Å². The van der Waals surface area contributed by atoms with Gasteiger partial charge in [0.25, 0.3) is 0 Å². The lowest BCUT2D eigenvalue weighted by Crippen LogP contribution is -2.33. The van der Waals surface area contributed by atoms with Gasteiger partial charge in [-0.2, -0.15) is 0 Å². The van der Waals surface area contributed by atoms with Crippen LogP contribution in [0.3, 0.4) is 0 Å². The molecule has 0 aromatic heterocycles. The van der Waals surface area contributed by atoms with E-state index in [4.69, 9.17) is 5.73 Å². The molecule has 2 amide bonds. The van der Waals surface area contributed by atoms with E-state index in [2.05, 4.69) is 5.32 Å². The number of nitrogens with two attached hydrogens (primary N) is 1. The van der Waals surface area contributed by atoms with Crippen LogP contribution < -0.4 is 11.1 Å². The number of rotatable bonds is 2. The van der Waals surface area contributed by atoms with Gasteiger partial charge in [0, 0.05) is 19.1 Å². The van der Waals surface area contributed by atoms with Gasteiger partial charge in [0.1, 0.15) is 0 Å². The molecule has 1 saturated carbocycles. The Kier molecular flexibility index (Phi) is 1.49. The van der Waals surface area contributed by atoms with Crippen molar-refractivity contribution in [3.05, 3.63) is 0 Å². The number of amides is 2. The molecule has 4 heteroatoms. The molecule has 0 spiro atoms. The Labute approximate surface area is 65.7 Å². The second-order valence-electron chi connectivity index (χ2n) is 3.27. The van der Waals surface area contributed by atoms with Crippen molar-refractivity contribution >= 4 is 6.03 Å². The highest BCUT2D eigenvalue weighted by Gasteiger charge is 2.38. The molecule has 0 bridgehead atoms. The summed E-state index contributed by atoms with van der Waals surface area (Å²) in [5, 5.41) is 2.84. The maximum absolute atomic E-state index is 11.2. The van der Waals surface area contributed by atoms with E-state index in [0.29, 0.717) is 12.6 Å². The summed E-state index contributed by atoms with van der Waals surface area (Å²) in [6, 6.07) is 0.776. The third-order valence-corrected chi connectivity index (χ3v) is 2.28. The Balaban J connectivity index is 1.96. The van der Waals surface area contributed by atoms with Gasteiger partial charge in [0.15, 0.2) is 0 Å². The molecule has 1 aliphatic heterocycles. The SMILES string of the molecule is NCC1CN(C2CC2)C(=O)N1. The molecule has 0 radical (unpaired) electrons. The molecule has 11 heavy (non-hydrogen) atoms. The molecule has 1 saturated heterocycles. The second kappa shape index (κ2) is 2.37. The summed E-state index contributed by atoms with van der Waals surface area (Å²) in [6.45, 7) is 1.36. The lowest BCUT2D eigenvalue weighted by atomic mass is 10.3. The molecule has 1 unspecified atom stereocenters. The molecule has 3 N–H and O–H groups in total. The number of hydrogen-bond donors (Lipinski definition) is 2. The Morgan fingerprint density at radius 1 is 1.64 bits per heavy atom. The van der Waals surface area contributed by atoms with Crippen LogP contribution >= 0.6 is 0 Å². The van der Waals surface area contributed by atoms with Gasteiger partial charge in [-0.25, -0.2) is 4.79 Å². The first-order valence-electron chi connectivity index (χ1n) is 4.08. The predicted octanol–water partition coefficient (Wildman–Crippen LogP) is -0.499. The molecule has 62 valence electrons. The van der Waals surface area contributed by atoms with E-state index in [1.807, 2.05) is 4.90 Å². The van der Waals surface area contributed by atoms with Crippen molar-refractivity contribution in [2.45, 2.75) is 24.9 Å². The van der Waals surface area contributed by atoms with Gasteiger partial charge in [-0.15, -0.1) is 0 Å². The minimum Gasteiger partial charge on any atom is -0.332 e. The van der Waals surface area contributed by atoms with Crippen molar-refractivity contribution in [3.63, 3.8) is 0 Å². The van der Waals surface area contributed by atoms with Crippen molar-refractivity contribution in [2.75, 3.05) is 13.1 Å². The van der Waals surface area contributed by atoms with E-state index < -0.39 is 0 Å². The molecule has 1 atom stereocenters. The van der Waals surface area contributed by atoms with Crippen LogP contribution in [0.1, 0.15) is 12.8 Å². The van der Waals surface area contributed by atoms with E-state index in [0.717, 1.165) is 6.54 Å². The maximum atomic E-state index is 11.2. The van der Waals surface area contributed by atoms with Gasteiger partial charge in [-0.1, -0.05) is 0 Å². The Morgan fingerprint density at radius 2 is 2.36 bits per heavy atom. The van der Waals surface area contributed by atoms with Crippen LogP contribution in [0.5, 0.6) is 0 Å². The first kappa shape index (κ1) is 6.91. The molecule has 0 aromatic rings. The van der Waals surface area contributed by atoms with Gasteiger partial charge in [0.2, 0.25) is 0 Å². The zero-order valence-electron chi connectivity index (χ0n) is 6.42. The molecule has 0 aromatic carbocycles. The van der Waals surface area contributed by atoms with Crippen molar-refractivity contribution in [3.8, 4) is 0 Å². The summed E-state index contributed by atoms with van der Waals surface area (Å²) in [4.78, 5) is 13.1. The number of hydrogen-bond acceptors (Lipinski definition) is 2. The normalized spacial score (nSPS) is 30.8. The predicted molar refractivity (Wildman–Crippen MR) is 41.1 cm³/mol. The summed E-state index contributed by atoms with van der Waals surface area (Å²) in [7, 11) is 0. The topological polar surface area (TPSA) is 58.4 Å². The fourth-order valence-electron chi connectivity index (χ4n) is 1.46. The Bertz CT molecular complexity index is 179. The van der Waals surface area contributed by atoms with E-state index in [-0.39, 0.29) is 12.1 Å². The van der Waals surface area contributed by atoms with Gasteiger partial charge in [0.05, 0.1) is 6.04 Å². The zero-order valence-corrected chi connectivity index (χ0v) is 6.42. The minimum absolute atomic E-state index is 0.0722. The van der Waals surface area contributed by atoms with Crippen LogP contribution in [-0.4, -0.2) is 36.1 Å². The van der Waals surface area contributed by atoms with Crippen molar-refractivity contribution < 1.29 is 4.79 Å². The lowest BCUT2D eigenvalue weighted by molar-refractivity contribution is 0.215. The highest BCUT2D eigenvalue weighted by Crippen LogP contribution is 2.28. The summed E-state index contributed by atoms with van der Waals surface area (Å²) in [5.41, 5.74) is 5.44. The van der Waals surface area contributed by atoms with Gasteiger partial charge >= 0.3 is 6.03 Å². The quantitative estimate of drug-likeness (QED) is 0.565. The number of carbonyl (C=O) groups excluding carboxylic acids is 1. The standard InChI is InChI=1S/C7H13N3O/c8-3-5-4-10(6-1-2-6)7(11)9-5/h5-6H,1-4,8H2,(H,9,11). The summed E-state index contributed by atoms with van der Waals surface area (Å²) in [5.74, 6) is 0. The van der Waals surface area contributed by atoms with Crippen molar-refractivity contribution in [2.24, 2.45) is 5.73 Å². The third kappa shape index (κ3) is 1.18. The smallest absolute Gasteiger partial charge is 0.318 e. The fourth-order valence-corrected chi connectivity index (χ4v) is 1.46. The van der Waals surface area contributed by atoms with Crippen LogP contribution in [-0.2, 0) is 0 Å². The number of nitrogens with one attached hydrogen (secondary N) is 1. The highest BCUT2D eigenvalue weighted by molar-refractivity contribution is 5.77. The first-order valence-corrected chi connectivity index (χ1v) is 4.08. The minimum atomic E-state index is 0.0722. The highest BCUT2D eigenvalue weighted by atomic mass is 16.2. The Hall–Kier alpha value is -0.770. The van der Waals surface area contributed by atoms with Crippen LogP contribution in [0, 0.1) is 0 Å². The maximum Gasteiger partial charge on any atom is 0.318 e. The second-order valence-corrected chi connectivity index (χ2v) is 3.27. The molecular weight excluding hydrogens is 142 g/mol. The van der Waals surface area contributed by atoms with E-state index in [9.17, 15) is 4.79 Å². The van der Waals surface area contributed by atoms with Crippen LogP contribution in [0.15, 0.2) is 0 Å². The first-order chi connectivity index (χ1) is 5.31. The average Bonchev–Trinajstić information content (AvgIpc) is 2.76. The Morgan fingerprint density at radius 3 is 2.82 bits per heavy atom. The number of nitrogens with zero attached hydrogens (tertiary/aromatic N) is 1. The van der Waals surface area contributed by atoms with Crippen LogP contribution in [0.4, 0.5) is 4.79 Å². The summed E-state index contributed by atoms with van der Waals surface area (Å²) in [6.07, 6.45) is 2.34. The molecule has 2 aliphatic rings. The molecule has 1 aliphatic carbocycles. The van der Waals surface area contributed by atoms with Gasteiger partial charge in [-0.05, 0) is 12.8 Å². The van der Waals surface area contributed by atoms with Crippen LogP contribution in [0.2, 0.25) is 0 Å². The largest absolute Gasteiger partial charge is 0.332 e. The van der Waals surface area contributed by atoms with Crippen molar-refractivity contribution in [1.29, 1.82) is 0 Å². The summed E-state index contributed by atoms with van der Waals surface area (Å²) < 4.78 is 0. The molecule has 2 rings (SSSR count). The molecular formula is C7H13N3O. The van der Waals surface area contributed by atoms with E-state index >= 15 is 0 Å². The lowest BCUT2D eigenvalue weighted by Gasteiger charge is -2.11. The van der Waals surface area contributed by atoms with E-state index in [1.54, 1.807) is 0 Å². The monoisotopic (exact) mass is 155 g/mol. The van der Waals surface area contributed by atoms with Crippen molar-refractivity contribution in [1.82, 2.24) is 10.2 Å². The number of carbonyl (C=O) groups is 1. The van der Waals surface area contributed by atoms with E-state index in [1.165, 1.54) is 12.8 Å². The summed E-state index contributed by atoms with van der Waals surface area (Å²) >= 11 is 0. The molecule has 1 heterocycles. The average molecular weight is 155 g/mol. The van der Waals surface area contributed by atoms with Crippen LogP contribution in [0.25, 0.3) is 0 Å². The third-order valence-electron chi connectivity index (χ3n) is 2.28. The molecule has 4 nitrogen and oxygen atoms in total. The van der Waals surface area contributed by atoms with Gasteiger partial charge in [-0.3, -0.25) is 0 Å². The zero-order chi connectivity index (χ0) is 7.84. The fraction of sp³-hybridized carbons (Fsp3) is 0.857. The molecule has 2 fully saturated rings. The number of urea groups is 1.